The molecular weight excluding hydrogens is 400 g/mol. The molecule has 3 aromatic rings. The first-order chi connectivity index (χ1) is 15.5. The van der Waals surface area contributed by atoms with Crippen molar-refractivity contribution in [3.05, 3.63) is 94.0 Å². The van der Waals surface area contributed by atoms with Gasteiger partial charge in [-0.3, -0.25) is 0 Å². The van der Waals surface area contributed by atoms with E-state index in [1.54, 1.807) is 38.2 Å². The van der Waals surface area contributed by atoms with Gasteiger partial charge in [-0.1, -0.05) is 102 Å². The molecule has 0 nitrogen and oxygen atoms in total. The van der Waals surface area contributed by atoms with Crippen molar-refractivity contribution in [2.24, 2.45) is 0 Å². The Balaban J connectivity index is 1.98. The zero-order chi connectivity index (χ0) is 22.9. The van der Waals surface area contributed by atoms with Gasteiger partial charge in [-0.2, -0.15) is 0 Å². The molecule has 1 aliphatic heterocycles. The summed E-state index contributed by atoms with van der Waals surface area (Å²) in [7, 11) is -1.88. The molecule has 168 valence electrons. The Morgan fingerprint density at radius 1 is 0.656 bits per heavy atom. The molecule has 0 saturated carbocycles. The molecule has 0 aromatic heterocycles. The Hall–Kier alpha value is -2.12. The summed E-state index contributed by atoms with van der Waals surface area (Å²) in [4.78, 5) is 0. The molecule has 1 heteroatoms. The molecule has 4 rings (SSSR count). The van der Waals surface area contributed by atoms with Crippen LogP contribution in [0.2, 0.25) is 6.04 Å². The third kappa shape index (κ3) is 3.79. The van der Waals surface area contributed by atoms with Crippen LogP contribution in [0.3, 0.4) is 0 Å². The molecular formula is C31H40Si. The standard InChI is InChI=1S/C31H40Si/c1-7-23-13-11-14-24(8-2)30(23)32(31-25(9-3)15-12-16-26(31)10-4)21-29(32)28-19-17-27(18-20-28)22(5)6/h11-20,22,29H,7-10,21H2,1-6H3. The van der Waals surface area contributed by atoms with Crippen LogP contribution in [0.1, 0.15) is 86.4 Å². The van der Waals surface area contributed by atoms with Crippen LogP contribution in [-0.2, 0) is 25.7 Å². The van der Waals surface area contributed by atoms with Crippen LogP contribution in [-0.4, -0.2) is 8.07 Å². The molecule has 1 saturated heterocycles. The van der Waals surface area contributed by atoms with Crippen LogP contribution in [0.25, 0.3) is 0 Å². The Morgan fingerprint density at radius 2 is 1.06 bits per heavy atom. The predicted molar refractivity (Wildman–Crippen MR) is 143 cm³/mol. The number of hydrogen-bond donors (Lipinski definition) is 0. The van der Waals surface area contributed by atoms with Gasteiger partial charge in [0.25, 0.3) is 0 Å². The van der Waals surface area contributed by atoms with Crippen LogP contribution < -0.4 is 10.4 Å². The minimum Gasteiger partial charge on any atom is -0.0617 e. The van der Waals surface area contributed by atoms with Crippen LogP contribution in [0, 0.1) is 0 Å². The third-order valence-corrected chi connectivity index (χ3v) is 13.2. The Labute approximate surface area is 197 Å². The van der Waals surface area contributed by atoms with Gasteiger partial charge in [-0.25, -0.2) is 0 Å². The molecule has 0 aliphatic carbocycles. The van der Waals surface area contributed by atoms with Crippen molar-refractivity contribution < 1.29 is 0 Å². The lowest BCUT2D eigenvalue weighted by atomic mass is 10.0. The molecule has 0 spiro atoms. The number of rotatable bonds is 8. The molecule has 0 amide bonds. The van der Waals surface area contributed by atoms with Gasteiger partial charge in [0.1, 0.15) is 8.07 Å². The smallest absolute Gasteiger partial charge is 0.0617 e. The van der Waals surface area contributed by atoms with E-state index >= 15 is 0 Å². The van der Waals surface area contributed by atoms with E-state index < -0.39 is 8.07 Å². The summed E-state index contributed by atoms with van der Waals surface area (Å²) in [6.45, 7) is 14.0. The fourth-order valence-corrected chi connectivity index (χ4v) is 12.9. The molecule has 0 N–H and O–H groups in total. The van der Waals surface area contributed by atoms with Crippen molar-refractivity contribution >= 4 is 18.4 Å². The Morgan fingerprint density at radius 3 is 1.41 bits per heavy atom. The van der Waals surface area contributed by atoms with Gasteiger partial charge in [0.2, 0.25) is 0 Å². The lowest BCUT2D eigenvalue weighted by Crippen LogP contribution is -2.53. The van der Waals surface area contributed by atoms with Crippen molar-refractivity contribution in [2.45, 2.75) is 84.7 Å². The summed E-state index contributed by atoms with van der Waals surface area (Å²) in [5.41, 5.74) is 10.1. The molecule has 0 radical (unpaired) electrons. The maximum atomic E-state index is 2.45. The summed E-state index contributed by atoms with van der Waals surface area (Å²) in [5.74, 6) is 0.588. The molecule has 3 aromatic carbocycles. The van der Waals surface area contributed by atoms with Crippen molar-refractivity contribution in [1.29, 1.82) is 0 Å². The summed E-state index contributed by atoms with van der Waals surface area (Å²) in [6.07, 6.45) is 4.53. The molecule has 0 bridgehead atoms. The minimum absolute atomic E-state index is 0.588. The van der Waals surface area contributed by atoms with Crippen LogP contribution in [0.15, 0.2) is 60.7 Å². The minimum atomic E-state index is -1.88. The second-order valence-electron chi connectivity index (χ2n) is 9.87. The molecule has 32 heavy (non-hydrogen) atoms. The molecule has 1 heterocycles. The van der Waals surface area contributed by atoms with Crippen molar-refractivity contribution in [3.63, 3.8) is 0 Å². The summed E-state index contributed by atoms with van der Waals surface area (Å²) in [6, 6.07) is 25.3. The number of benzene rings is 3. The lowest BCUT2D eigenvalue weighted by molar-refractivity contribution is 0.865. The monoisotopic (exact) mass is 440 g/mol. The first-order valence-electron chi connectivity index (χ1n) is 12.8. The highest BCUT2D eigenvalue weighted by Gasteiger charge is 2.61. The molecule has 1 atom stereocenters. The summed E-state index contributed by atoms with van der Waals surface area (Å²) >= 11 is 0. The van der Waals surface area contributed by atoms with Crippen molar-refractivity contribution in [3.8, 4) is 0 Å². The highest BCUT2D eigenvalue weighted by atomic mass is 28.3. The predicted octanol–water partition coefficient (Wildman–Crippen LogP) is 6.96. The summed E-state index contributed by atoms with van der Waals surface area (Å²) in [5, 5.41) is 3.55. The second-order valence-corrected chi connectivity index (χ2v) is 13.9. The number of aryl methyl sites for hydroxylation is 4. The fourth-order valence-electron chi connectivity index (χ4n) is 6.09. The first-order valence-corrected chi connectivity index (χ1v) is 15.1. The highest BCUT2D eigenvalue weighted by molar-refractivity contribution is 7.11. The van der Waals surface area contributed by atoms with Gasteiger partial charge < -0.3 is 0 Å². The van der Waals surface area contributed by atoms with E-state index in [1.165, 1.54) is 11.6 Å². The van der Waals surface area contributed by atoms with E-state index in [1.807, 2.05) is 0 Å². The zero-order valence-electron chi connectivity index (χ0n) is 21.0. The van der Waals surface area contributed by atoms with Crippen molar-refractivity contribution in [2.75, 3.05) is 0 Å². The van der Waals surface area contributed by atoms with E-state index in [-0.39, 0.29) is 0 Å². The third-order valence-electron chi connectivity index (χ3n) is 7.86. The van der Waals surface area contributed by atoms with Crippen LogP contribution >= 0.6 is 0 Å². The van der Waals surface area contributed by atoms with Gasteiger partial charge in [-0.15, -0.1) is 0 Å². The zero-order valence-corrected chi connectivity index (χ0v) is 22.0. The highest BCUT2D eigenvalue weighted by Crippen LogP contribution is 2.52. The summed E-state index contributed by atoms with van der Waals surface area (Å²) < 4.78 is 0. The van der Waals surface area contributed by atoms with E-state index in [4.69, 9.17) is 0 Å². The van der Waals surface area contributed by atoms with Gasteiger partial charge in [0, 0.05) is 0 Å². The number of hydrogen-bond acceptors (Lipinski definition) is 0. The molecule has 1 unspecified atom stereocenters. The van der Waals surface area contributed by atoms with Crippen molar-refractivity contribution in [1.82, 2.24) is 0 Å². The van der Waals surface area contributed by atoms with E-state index in [0.29, 0.717) is 11.5 Å². The topological polar surface area (TPSA) is 0 Å². The van der Waals surface area contributed by atoms with Gasteiger partial charge in [0.15, 0.2) is 0 Å². The van der Waals surface area contributed by atoms with E-state index in [2.05, 4.69) is 102 Å². The van der Waals surface area contributed by atoms with Crippen LogP contribution in [0.5, 0.6) is 0 Å². The Kier molecular flexibility index (Phi) is 6.77. The Bertz CT molecular complexity index is 974. The maximum absolute atomic E-state index is 2.45. The average Bonchev–Trinajstić information content (AvgIpc) is 3.58. The largest absolute Gasteiger partial charge is 0.126 e. The normalized spacial score (nSPS) is 17.0. The molecule has 1 fully saturated rings. The lowest BCUT2D eigenvalue weighted by Gasteiger charge is -2.28. The maximum Gasteiger partial charge on any atom is 0.126 e. The van der Waals surface area contributed by atoms with Gasteiger partial charge in [-0.05, 0) is 86.9 Å². The SMILES string of the molecule is CCc1cccc(CC)c1[Si]1(c2c(CC)cccc2CC)CC1c1ccc(C(C)C)cc1. The average molecular weight is 441 g/mol. The van der Waals surface area contributed by atoms with Gasteiger partial charge in [0.05, 0.1) is 0 Å². The fraction of sp³-hybridized carbons (Fsp3) is 0.419. The van der Waals surface area contributed by atoms with E-state index in [0.717, 1.165) is 25.7 Å². The van der Waals surface area contributed by atoms with E-state index in [9.17, 15) is 0 Å². The quantitative estimate of drug-likeness (QED) is 0.332. The second kappa shape index (κ2) is 9.39. The van der Waals surface area contributed by atoms with Crippen LogP contribution in [0.4, 0.5) is 0 Å². The van der Waals surface area contributed by atoms with Gasteiger partial charge >= 0.3 is 0 Å². The first kappa shape index (κ1) is 23.0. The molecule has 1 aliphatic rings.